The molecule has 9 nitrogen and oxygen atoms in total. The van der Waals surface area contributed by atoms with Gasteiger partial charge in [0.05, 0.1) is 17.9 Å². The highest BCUT2D eigenvalue weighted by Gasteiger charge is 2.33. The molecule has 162 valence electrons. The monoisotopic (exact) mass is 433 g/mol. The lowest BCUT2D eigenvalue weighted by molar-refractivity contribution is -0.134. The molecule has 3 aromatic rings. The SMILES string of the molecule is O=C(O)C1=Cc2ncn(C(=O)OCc3ccccc3)c2CN1C(=O)OCc1ccccc1. The summed E-state index contributed by atoms with van der Waals surface area (Å²) in [5.41, 5.74) is 1.87. The molecule has 2 aromatic carbocycles. The summed E-state index contributed by atoms with van der Waals surface area (Å²) < 4.78 is 11.8. The average molecular weight is 433 g/mol. The summed E-state index contributed by atoms with van der Waals surface area (Å²) in [5, 5.41) is 9.55. The van der Waals surface area contributed by atoms with E-state index in [1.807, 2.05) is 36.4 Å². The predicted octanol–water partition coefficient (Wildman–Crippen LogP) is 3.65. The van der Waals surface area contributed by atoms with E-state index in [1.54, 1.807) is 24.3 Å². The van der Waals surface area contributed by atoms with Crippen molar-refractivity contribution >= 4 is 24.2 Å². The molecule has 1 N–H and O–H groups in total. The molecule has 2 heterocycles. The van der Waals surface area contributed by atoms with Crippen LogP contribution in [0.1, 0.15) is 22.5 Å². The van der Waals surface area contributed by atoms with Gasteiger partial charge in [0.2, 0.25) is 0 Å². The van der Waals surface area contributed by atoms with Gasteiger partial charge in [-0.05, 0) is 17.2 Å². The summed E-state index contributed by atoms with van der Waals surface area (Å²) in [5.74, 6) is -1.31. The van der Waals surface area contributed by atoms with E-state index in [9.17, 15) is 19.5 Å². The minimum absolute atomic E-state index is 0.0195. The highest BCUT2D eigenvalue weighted by molar-refractivity contribution is 5.96. The molecule has 0 spiro atoms. The Balaban J connectivity index is 1.51. The van der Waals surface area contributed by atoms with Gasteiger partial charge in [-0.15, -0.1) is 0 Å². The van der Waals surface area contributed by atoms with Crippen LogP contribution in [0.5, 0.6) is 0 Å². The number of aliphatic carboxylic acids is 1. The number of fused-ring (bicyclic) bond motifs is 1. The zero-order chi connectivity index (χ0) is 22.5. The van der Waals surface area contributed by atoms with Gasteiger partial charge in [-0.3, -0.25) is 4.90 Å². The largest absolute Gasteiger partial charge is 0.477 e. The number of rotatable bonds is 5. The predicted molar refractivity (Wildman–Crippen MR) is 112 cm³/mol. The maximum Gasteiger partial charge on any atom is 0.419 e. The molecule has 0 aliphatic carbocycles. The Hall–Kier alpha value is -4.40. The molecule has 1 aromatic heterocycles. The van der Waals surface area contributed by atoms with Crippen LogP contribution in [0.25, 0.3) is 6.08 Å². The number of imidazole rings is 1. The first-order chi connectivity index (χ1) is 15.5. The maximum atomic E-state index is 12.7. The van der Waals surface area contributed by atoms with Crippen molar-refractivity contribution in [3.8, 4) is 0 Å². The second-order valence-corrected chi connectivity index (χ2v) is 6.95. The first-order valence-electron chi connectivity index (χ1n) is 9.73. The van der Waals surface area contributed by atoms with Crippen LogP contribution in [-0.4, -0.2) is 37.7 Å². The Morgan fingerprint density at radius 3 is 2.00 bits per heavy atom. The number of carboxylic acid groups (broad SMARTS) is 1. The highest BCUT2D eigenvalue weighted by atomic mass is 16.6. The molecule has 0 saturated carbocycles. The van der Waals surface area contributed by atoms with Gasteiger partial charge in [-0.25, -0.2) is 23.9 Å². The van der Waals surface area contributed by atoms with Crippen LogP contribution in [0, 0.1) is 0 Å². The zero-order valence-corrected chi connectivity index (χ0v) is 16.9. The summed E-state index contributed by atoms with van der Waals surface area (Å²) in [6.07, 6.45) is 0.935. The smallest absolute Gasteiger partial charge is 0.419 e. The van der Waals surface area contributed by atoms with Crippen LogP contribution >= 0.6 is 0 Å². The van der Waals surface area contributed by atoms with Gasteiger partial charge < -0.3 is 14.6 Å². The number of amides is 1. The number of benzene rings is 2. The molecule has 1 amide bonds. The summed E-state index contributed by atoms with van der Waals surface area (Å²) in [4.78, 5) is 42.0. The van der Waals surface area contributed by atoms with Crippen molar-refractivity contribution < 1.29 is 29.0 Å². The number of hydrogen-bond acceptors (Lipinski definition) is 6. The number of nitrogens with zero attached hydrogens (tertiary/aromatic N) is 3. The second kappa shape index (κ2) is 9.17. The van der Waals surface area contributed by atoms with Crippen molar-refractivity contribution in [2.75, 3.05) is 0 Å². The van der Waals surface area contributed by atoms with Gasteiger partial charge in [-0.1, -0.05) is 60.7 Å². The number of carboxylic acids is 1. The fourth-order valence-corrected chi connectivity index (χ4v) is 3.19. The number of aromatic nitrogens is 2. The van der Waals surface area contributed by atoms with Crippen molar-refractivity contribution in [3.63, 3.8) is 0 Å². The third-order valence-electron chi connectivity index (χ3n) is 4.82. The highest BCUT2D eigenvalue weighted by Crippen LogP contribution is 2.25. The Labute approximate surface area is 183 Å². The molecule has 0 fully saturated rings. The molecular weight excluding hydrogens is 414 g/mol. The van der Waals surface area contributed by atoms with Crippen molar-refractivity contribution in [1.29, 1.82) is 0 Å². The topological polar surface area (TPSA) is 111 Å². The van der Waals surface area contributed by atoms with Crippen LogP contribution < -0.4 is 0 Å². The molecule has 0 unspecified atom stereocenters. The molecule has 1 aliphatic rings. The van der Waals surface area contributed by atoms with E-state index < -0.39 is 18.2 Å². The summed E-state index contributed by atoms with van der Waals surface area (Å²) in [7, 11) is 0. The molecule has 9 heteroatoms. The molecule has 0 radical (unpaired) electrons. The van der Waals surface area contributed by atoms with E-state index >= 15 is 0 Å². The van der Waals surface area contributed by atoms with Gasteiger partial charge >= 0.3 is 18.2 Å². The van der Waals surface area contributed by atoms with Crippen molar-refractivity contribution in [2.24, 2.45) is 0 Å². The molecule has 1 aliphatic heterocycles. The molecule has 0 bridgehead atoms. The van der Waals surface area contributed by atoms with E-state index in [0.29, 0.717) is 5.69 Å². The van der Waals surface area contributed by atoms with Gasteiger partial charge in [0.15, 0.2) is 0 Å². The normalized spacial score (nSPS) is 12.5. The maximum absolute atomic E-state index is 12.7. The van der Waals surface area contributed by atoms with E-state index in [-0.39, 0.29) is 31.1 Å². The van der Waals surface area contributed by atoms with E-state index in [4.69, 9.17) is 9.47 Å². The van der Waals surface area contributed by atoms with Gasteiger partial charge in [-0.2, -0.15) is 0 Å². The average Bonchev–Trinajstić information content (AvgIpc) is 3.24. The minimum atomic E-state index is -1.31. The molecule has 32 heavy (non-hydrogen) atoms. The lowest BCUT2D eigenvalue weighted by Crippen LogP contribution is -2.37. The van der Waals surface area contributed by atoms with Gasteiger partial charge in [0, 0.05) is 0 Å². The molecule has 0 saturated heterocycles. The van der Waals surface area contributed by atoms with E-state index in [1.165, 1.54) is 12.4 Å². The number of hydrogen-bond donors (Lipinski definition) is 1. The standard InChI is InChI=1S/C23H19N3O6/c27-21(28)19-11-18-20(12-25(19)22(29)31-13-16-7-3-1-4-8-16)26(15-24-18)23(30)32-14-17-9-5-2-6-10-17/h1-11,15H,12-14H2,(H,27,28). The number of carbonyl (C=O) groups is 3. The number of ether oxygens (including phenoxy) is 2. The second-order valence-electron chi connectivity index (χ2n) is 6.95. The van der Waals surface area contributed by atoms with Crippen LogP contribution in [-0.2, 0) is 34.0 Å². The first kappa shape index (κ1) is 20.9. The van der Waals surface area contributed by atoms with Crippen LogP contribution in [0.4, 0.5) is 9.59 Å². The molecule has 4 rings (SSSR count). The van der Waals surface area contributed by atoms with Crippen LogP contribution in [0.3, 0.4) is 0 Å². The Kier molecular flexibility index (Phi) is 5.98. The third kappa shape index (κ3) is 4.51. The molecular formula is C23H19N3O6. The summed E-state index contributed by atoms with van der Waals surface area (Å²) >= 11 is 0. The van der Waals surface area contributed by atoms with Crippen LogP contribution in [0.2, 0.25) is 0 Å². The fraction of sp³-hybridized carbons (Fsp3) is 0.130. The summed E-state index contributed by atoms with van der Waals surface area (Å²) in [6.45, 7) is -0.165. The first-order valence-corrected chi connectivity index (χ1v) is 9.73. The van der Waals surface area contributed by atoms with Gasteiger partial charge in [0.25, 0.3) is 0 Å². The lowest BCUT2D eigenvalue weighted by atomic mass is 10.1. The third-order valence-corrected chi connectivity index (χ3v) is 4.82. The van der Waals surface area contributed by atoms with Crippen LogP contribution in [0.15, 0.2) is 72.7 Å². The lowest BCUT2D eigenvalue weighted by Gasteiger charge is -2.26. The Bertz CT molecular complexity index is 1170. The Morgan fingerprint density at radius 2 is 1.44 bits per heavy atom. The van der Waals surface area contributed by atoms with Crippen molar-refractivity contribution in [3.05, 3.63) is 95.2 Å². The fourth-order valence-electron chi connectivity index (χ4n) is 3.19. The Morgan fingerprint density at radius 1 is 0.875 bits per heavy atom. The quantitative estimate of drug-likeness (QED) is 0.654. The van der Waals surface area contributed by atoms with Crippen molar-refractivity contribution in [2.45, 2.75) is 19.8 Å². The summed E-state index contributed by atoms with van der Waals surface area (Å²) in [6, 6.07) is 18.2. The van der Waals surface area contributed by atoms with E-state index in [2.05, 4.69) is 4.98 Å². The minimum Gasteiger partial charge on any atom is -0.477 e. The number of carbonyl (C=O) groups excluding carboxylic acids is 2. The van der Waals surface area contributed by atoms with Gasteiger partial charge in [0.1, 0.15) is 25.2 Å². The molecule has 0 atom stereocenters. The van der Waals surface area contributed by atoms with Crippen molar-refractivity contribution in [1.82, 2.24) is 14.5 Å². The zero-order valence-electron chi connectivity index (χ0n) is 16.9. The van der Waals surface area contributed by atoms with E-state index in [0.717, 1.165) is 20.6 Å².